The minimum Gasteiger partial charge on any atom is -0.379 e. The Morgan fingerprint density at radius 1 is 0.800 bits per heavy atom. The molecule has 1 heteroatoms. The fourth-order valence-electron chi connectivity index (χ4n) is 2.64. The van der Waals surface area contributed by atoms with Crippen LogP contribution in [0.25, 0.3) is 0 Å². The van der Waals surface area contributed by atoms with Gasteiger partial charge in [-0.2, -0.15) is 0 Å². The quantitative estimate of drug-likeness (QED) is 0.578. The molecule has 0 aromatic rings. The number of ether oxygens (including phenoxy) is 1. The molecule has 3 unspecified atom stereocenters. The number of rotatable bonds is 0. The van der Waals surface area contributed by atoms with E-state index in [1.54, 1.807) is 0 Å². The molecule has 1 heterocycles. The Bertz CT molecular complexity index is 141. The van der Waals surface area contributed by atoms with Crippen molar-refractivity contribution >= 4 is 0 Å². The first kappa shape index (κ1) is 13.0. The molecule has 0 amide bonds. The molecule has 1 saturated heterocycles. The van der Waals surface area contributed by atoms with Crippen LogP contribution >= 0.6 is 0 Å². The van der Waals surface area contributed by atoms with Crippen LogP contribution in [0.1, 0.15) is 65.7 Å². The summed E-state index contributed by atoms with van der Waals surface area (Å²) in [6.45, 7) is 7.87. The molecular weight excluding hydrogens is 184 g/mol. The Hall–Kier alpha value is -0.0400. The normalized spacial score (nSPS) is 36.6. The van der Waals surface area contributed by atoms with Crippen molar-refractivity contribution in [3.63, 3.8) is 0 Å². The summed E-state index contributed by atoms with van der Waals surface area (Å²) in [6, 6.07) is 0. The van der Waals surface area contributed by atoms with Gasteiger partial charge in [0.2, 0.25) is 0 Å². The summed E-state index contributed by atoms with van der Waals surface area (Å²) in [5.41, 5.74) is 0. The summed E-state index contributed by atoms with van der Waals surface area (Å²) in [5, 5.41) is 0. The second-order valence-corrected chi connectivity index (χ2v) is 5.55. The van der Waals surface area contributed by atoms with Crippen LogP contribution < -0.4 is 0 Å². The molecule has 3 atom stereocenters. The van der Waals surface area contributed by atoms with Crippen LogP contribution in [0.15, 0.2) is 0 Å². The maximum Gasteiger partial charge on any atom is 0.0547 e. The maximum absolute atomic E-state index is 5.28. The molecule has 0 aromatic heterocycles. The Kier molecular flexibility index (Phi) is 6.31. The highest BCUT2D eigenvalue weighted by molar-refractivity contribution is 4.66. The summed E-state index contributed by atoms with van der Waals surface area (Å²) in [4.78, 5) is 0. The predicted octanol–water partition coefficient (Wildman–Crippen LogP) is 4.41. The highest BCUT2D eigenvalue weighted by atomic mass is 16.5. The maximum atomic E-state index is 5.28. The number of hydrogen-bond donors (Lipinski definition) is 0. The molecule has 15 heavy (non-hydrogen) atoms. The van der Waals surface area contributed by atoms with Crippen LogP contribution in [0.4, 0.5) is 0 Å². The molecule has 2 fully saturated rings. The van der Waals surface area contributed by atoms with Crippen molar-refractivity contribution in [3.8, 4) is 0 Å². The van der Waals surface area contributed by atoms with Gasteiger partial charge in [0.25, 0.3) is 0 Å². The third-order valence-electron chi connectivity index (χ3n) is 3.61. The molecular formula is C14H28O. The zero-order chi connectivity index (χ0) is 11.1. The van der Waals surface area contributed by atoms with Crippen LogP contribution in [-0.2, 0) is 4.74 Å². The van der Waals surface area contributed by atoms with Gasteiger partial charge in [-0.25, -0.2) is 0 Å². The highest BCUT2D eigenvalue weighted by Crippen LogP contribution is 2.27. The molecule has 1 nitrogen and oxygen atoms in total. The lowest BCUT2D eigenvalue weighted by Gasteiger charge is -2.22. The minimum atomic E-state index is 0.536. The van der Waals surface area contributed by atoms with E-state index < -0.39 is 0 Å². The molecule has 0 aromatic carbocycles. The zero-order valence-corrected chi connectivity index (χ0v) is 10.8. The Labute approximate surface area is 95.6 Å². The molecule has 1 aliphatic heterocycles. The molecule has 1 aliphatic carbocycles. The van der Waals surface area contributed by atoms with E-state index in [-0.39, 0.29) is 0 Å². The first-order chi connectivity index (χ1) is 7.18. The minimum absolute atomic E-state index is 0.536. The highest BCUT2D eigenvalue weighted by Gasteiger charge is 2.13. The summed E-state index contributed by atoms with van der Waals surface area (Å²) in [6.07, 6.45) is 10.3. The first-order valence-corrected chi connectivity index (χ1v) is 6.80. The van der Waals surface area contributed by atoms with Crippen LogP contribution in [0.5, 0.6) is 0 Å². The topological polar surface area (TPSA) is 9.23 Å². The average molecular weight is 212 g/mol. The molecule has 0 N–H and O–H groups in total. The molecule has 2 aliphatic rings. The van der Waals surface area contributed by atoms with E-state index in [1.165, 1.54) is 44.9 Å². The van der Waals surface area contributed by atoms with Gasteiger partial charge in [0, 0.05) is 6.61 Å². The third-order valence-corrected chi connectivity index (χ3v) is 3.61. The van der Waals surface area contributed by atoms with E-state index in [4.69, 9.17) is 4.74 Å². The summed E-state index contributed by atoms with van der Waals surface area (Å²) >= 11 is 0. The first-order valence-electron chi connectivity index (χ1n) is 6.80. The van der Waals surface area contributed by atoms with Gasteiger partial charge in [0.15, 0.2) is 0 Å². The smallest absolute Gasteiger partial charge is 0.0547 e. The van der Waals surface area contributed by atoms with E-state index in [0.717, 1.165) is 18.4 Å². The molecule has 1 saturated carbocycles. The van der Waals surface area contributed by atoms with Gasteiger partial charge in [-0.15, -0.1) is 0 Å². The summed E-state index contributed by atoms with van der Waals surface area (Å²) in [7, 11) is 0. The molecule has 0 radical (unpaired) electrons. The summed E-state index contributed by atoms with van der Waals surface area (Å²) in [5.74, 6) is 2.03. The molecule has 0 bridgehead atoms. The van der Waals surface area contributed by atoms with E-state index >= 15 is 0 Å². The van der Waals surface area contributed by atoms with Gasteiger partial charge in [-0.05, 0) is 44.4 Å². The molecule has 2 rings (SSSR count). The van der Waals surface area contributed by atoms with Crippen molar-refractivity contribution in [2.75, 3.05) is 6.61 Å². The standard InChI is InChI=1S/C8H16.C6H12O/c1-7-4-3-5-8(2)6-7;1-6-4-2-3-5-7-6/h7-8H,3-6H2,1-2H3;6H,2-5H2,1H3. The Morgan fingerprint density at radius 2 is 1.47 bits per heavy atom. The van der Waals surface area contributed by atoms with Gasteiger partial charge in [-0.1, -0.05) is 33.1 Å². The van der Waals surface area contributed by atoms with Crippen LogP contribution in [0.3, 0.4) is 0 Å². The Morgan fingerprint density at radius 3 is 1.73 bits per heavy atom. The second kappa shape index (κ2) is 7.27. The van der Waals surface area contributed by atoms with E-state index in [9.17, 15) is 0 Å². The van der Waals surface area contributed by atoms with E-state index in [1.807, 2.05) is 0 Å². The lowest BCUT2D eigenvalue weighted by molar-refractivity contribution is 0.0285. The van der Waals surface area contributed by atoms with Crippen LogP contribution in [0, 0.1) is 11.8 Å². The zero-order valence-electron chi connectivity index (χ0n) is 10.8. The monoisotopic (exact) mass is 212 g/mol. The fourth-order valence-corrected chi connectivity index (χ4v) is 2.64. The second-order valence-electron chi connectivity index (χ2n) is 5.55. The van der Waals surface area contributed by atoms with Crippen molar-refractivity contribution in [2.45, 2.75) is 71.8 Å². The van der Waals surface area contributed by atoms with Crippen molar-refractivity contribution in [1.82, 2.24) is 0 Å². The van der Waals surface area contributed by atoms with E-state index in [2.05, 4.69) is 20.8 Å². The third kappa shape index (κ3) is 6.19. The predicted molar refractivity (Wildman–Crippen MR) is 66.1 cm³/mol. The molecule has 90 valence electrons. The molecule has 0 spiro atoms. The van der Waals surface area contributed by atoms with Gasteiger partial charge in [-0.3, -0.25) is 0 Å². The fraction of sp³-hybridized carbons (Fsp3) is 1.00. The summed E-state index contributed by atoms with van der Waals surface area (Å²) < 4.78 is 5.28. The van der Waals surface area contributed by atoms with Crippen molar-refractivity contribution in [1.29, 1.82) is 0 Å². The van der Waals surface area contributed by atoms with Crippen LogP contribution in [-0.4, -0.2) is 12.7 Å². The Balaban J connectivity index is 0.000000151. The number of hydrogen-bond acceptors (Lipinski definition) is 1. The van der Waals surface area contributed by atoms with Gasteiger partial charge in [0.1, 0.15) is 0 Å². The SMILES string of the molecule is CC1CCCC(C)C1.CC1CCCCO1. The van der Waals surface area contributed by atoms with Crippen molar-refractivity contribution < 1.29 is 4.74 Å². The largest absolute Gasteiger partial charge is 0.379 e. The van der Waals surface area contributed by atoms with E-state index in [0.29, 0.717) is 6.10 Å². The lowest BCUT2D eigenvalue weighted by Crippen LogP contribution is -2.14. The van der Waals surface area contributed by atoms with Gasteiger partial charge >= 0.3 is 0 Å². The van der Waals surface area contributed by atoms with Crippen molar-refractivity contribution in [3.05, 3.63) is 0 Å². The lowest BCUT2D eigenvalue weighted by atomic mass is 9.84. The van der Waals surface area contributed by atoms with Crippen molar-refractivity contribution in [2.24, 2.45) is 11.8 Å². The van der Waals surface area contributed by atoms with Gasteiger partial charge < -0.3 is 4.74 Å². The average Bonchev–Trinajstić information content (AvgIpc) is 2.19. The van der Waals surface area contributed by atoms with Crippen LogP contribution in [0.2, 0.25) is 0 Å². The van der Waals surface area contributed by atoms with Gasteiger partial charge in [0.05, 0.1) is 6.10 Å².